The minimum Gasteiger partial charge on any atom is -0.0905 e. The Morgan fingerprint density at radius 3 is 1.90 bits per heavy atom. The van der Waals surface area contributed by atoms with Crippen molar-refractivity contribution in [3.8, 4) is 0 Å². The molecule has 0 fully saturated rings. The van der Waals surface area contributed by atoms with Crippen LogP contribution in [0.1, 0.15) is 81.5 Å². The van der Waals surface area contributed by atoms with Gasteiger partial charge in [-0.15, -0.1) is 0 Å². The lowest BCUT2D eigenvalue weighted by molar-refractivity contribution is 0.733. The van der Waals surface area contributed by atoms with Crippen LogP contribution in [-0.2, 0) is 19.3 Å². The number of aryl methyl sites for hydroxylation is 1. The van der Waals surface area contributed by atoms with E-state index in [1.807, 2.05) is 0 Å². The van der Waals surface area contributed by atoms with Crippen LogP contribution >= 0.6 is 0 Å². The fraction of sp³-hybridized carbons (Fsp3) is 0.600. The maximum atomic E-state index is 3.89. The summed E-state index contributed by atoms with van der Waals surface area (Å²) in [6.07, 6.45) is 14.4. The molecule has 0 spiro atoms. The van der Waals surface area contributed by atoms with Gasteiger partial charge < -0.3 is 0 Å². The average molecular weight is 271 g/mol. The van der Waals surface area contributed by atoms with Gasteiger partial charge in [-0.25, -0.2) is 0 Å². The summed E-state index contributed by atoms with van der Waals surface area (Å²) >= 11 is 0. The Balaban J connectivity index is 3.12. The van der Waals surface area contributed by atoms with E-state index >= 15 is 0 Å². The number of benzene rings is 1. The van der Waals surface area contributed by atoms with Gasteiger partial charge in [-0.3, -0.25) is 0 Å². The summed E-state index contributed by atoms with van der Waals surface area (Å²) in [4.78, 5) is 0. The van der Waals surface area contributed by atoms with E-state index in [4.69, 9.17) is 0 Å². The molecule has 0 atom stereocenters. The highest BCUT2D eigenvalue weighted by Crippen LogP contribution is 2.25. The quantitative estimate of drug-likeness (QED) is 0.486. The first-order valence-electron chi connectivity index (χ1n) is 8.45. The molecule has 0 heteroatoms. The second-order valence-electron chi connectivity index (χ2n) is 5.72. The third kappa shape index (κ3) is 4.81. The van der Waals surface area contributed by atoms with Crippen molar-refractivity contribution >= 4 is 0 Å². The SMILES string of the molecule is C=[C]c1ccc(CCCC)c(CCCC)c1CCCC. The van der Waals surface area contributed by atoms with Gasteiger partial charge in [-0.05, 0) is 66.9 Å². The summed E-state index contributed by atoms with van der Waals surface area (Å²) in [5.41, 5.74) is 5.96. The zero-order valence-corrected chi connectivity index (χ0v) is 13.7. The van der Waals surface area contributed by atoms with Crippen molar-refractivity contribution in [3.05, 3.63) is 47.0 Å². The van der Waals surface area contributed by atoms with Gasteiger partial charge in [-0.2, -0.15) is 0 Å². The van der Waals surface area contributed by atoms with E-state index < -0.39 is 0 Å². The largest absolute Gasteiger partial charge is 0.0905 e. The molecule has 0 saturated carbocycles. The Bertz CT molecular complexity index is 401. The summed E-state index contributed by atoms with van der Waals surface area (Å²) in [6.45, 7) is 10.7. The van der Waals surface area contributed by atoms with Crippen molar-refractivity contribution in [2.24, 2.45) is 0 Å². The molecule has 111 valence electrons. The number of unbranched alkanes of at least 4 members (excludes halogenated alkanes) is 3. The smallest absolute Gasteiger partial charge is 0.0149 e. The molecule has 0 bridgehead atoms. The highest BCUT2D eigenvalue weighted by atomic mass is 14.2. The van der Waals surface area contributed by atoms with Gasteiger partial charge in [0.05, 0.1) is 0 Å². The van der Waals surface area contributed by atoms with E-state index in [0.717, 1.165) is 0 Å². The van der Waals surface area contributed by atoms with Crippen LogP contribution in [0.2, 0.25) is 0 Å². The summed E-state index contributed by atoms with van der Waals surface area (Å²) in [6, 6.07) is 4.56. The van der Waals surface area contributed by atoms with Crippen LogP contribution in [0, 0.1) is 6.08 Å². The van der Waals surface area contributed by atoms with E-state index in [1.54, 1.807) is 11.1 Å². The minimum absolute atomic E-state index is 1.19. The molecule has 0 aromatic heterocycles. The van der Waals surface area contributed by atoms with E-state index in [1.165, 1.54) is 68.9 Å². The van der Waals surface area contributed by atoms with Gasteiger partial charge in [0.25, 0.3) is 0 Å². The van der Waals surface area contributed by atoms with Gasteiger partial charge in [0.2, 0.25) is 0 Å². The van der Waals surface area contributed by atoms with Crippen molar-refractivity contribution in [1.82, 2.24) is 0 Å². The van der Waals surface area contributed by atoms with Crippen molar-refractivity contribution in [3.63, 3.8) is 0 Å². The molecule has 1 aromatic carbocycles. The first-order valence-corrected chi connectivity index (χ1v) is 8.45. The van der Waals surface area contributed by atoms with Crippen LogP contribution in [0.15, 0.2) is 18.7 Å². The molecule has 1 radical (unpaired) electrons. The van der Waals surface area contributed by atoms with Gasteiger partial charge in [0.15, 0.2) is 0 Å². The van der Waals surface area contributed by atoms with Crippen molar-refractivity contribution in [2.45, 2.75) is 78.6 Å². The standard InChI is InChI=1S/C20H31/c1-5-9-12-18-16-15-17(8-4)19(13-10-6-2)20(18)14-11-7-3/h15-16H,4-7,9-14H2,1-3H3. The Hall–Kier alpha value is -1.04. The Labute approximate surface area is 126 Å². The topological polar surface area (TPSA) is 0 Å². The summed E-state index contributed by atoms with van der Waals surface area (Å²) in [5, 5.41) is 0. The summed E-state index contributed by atoms with van der Waals surface area (Å²) in [7, 11) is 0. The fourth-order valence-electron chi connectivity index (χ4n) is 2.81. The van der Waals surface area contributed by atoms with E-state index in [2.05, 4.69) is 45.6 Å². The Morgan fingerprint density at radius 2 is 1.35 bits per heavy atom. The molecule has 1 aromatic rings. The van der Waals surface area contributed by atoms with Gasteiger partial charge in [-0.1, -0.05) is 58.7 Å². The monoisotopic (exact) mass is 271 g/mol. The van der Waals surface area contributed by atoms with Crippen LogP contribution in [0.4, 0.5) is 0 Å². The van der Waals surface area contributed by atoms with Crippen molar-refractivity contribution < 1.29 is 0 Å². The molecule has 0 heterocycles. The maximum absolute atomic E-state index is 3.89. The molecule has 1 rings (SSSR count). The highest BCUT2D eigenvalue weighted by Gasteiger charge is 2.11. The second-order valence-corrected chi connectivity index (χ2v) is 5.72. The van der Waals surface area contributed by atoms with Crippen LogP contribution in [0.25, 0.3) is 0 Å². The third-order valence-electron chi connectivity index (χ3n) is 4.08. The predicted molar refractivity (Wildman–Crippen MR) is 90.3 cm³/mol. The lowest BCUT2D eigenvalue weighted by Crippen LogP contribution is -2.04. The fourth-order valence-corrected chi connectivity index (χ4v) is 2.81. The Kier molecular flexibility index (Phi) is 8.34. The summed E-state index contributed by atoms with van der Waals surface area (Å²) in [5.74, 6) is 0. The van der Waals surface area contributed by atoms with Crippen LogP contribution in [0.3, 0.4) is 0 Å². The van der Waals surface area contributed by atoms with E-state index in [0.29, 0.717) is 0 Å². The van der Waals surface area contributed by atoms with Crippen molar-refractivity contribution in [1.29, 1.82) is 0 Å². The minimum atomic E-state index is 1.19. The normalized spacial score (nSPS) is 10.8. The second kappa shape index (κ2) is 9.80. The van der Waals surface area contributed by atoms with E-state index in [9.17, 15) is 0 Å². The third-order valence-corrected chi connectivity index (χ3v) is 4.08. The molecule has 0 saturated heterocycles. The number of rotatable bonds is 10. The highest BCUT2D eigenvalue weighted by molar-refractivity contribution is 5.44. The van der Waals surface area contributed by atoms with Gasteiger partial charge in [0.1, 0.15) is 0 Å². The molecular weight excluding hydrogens is 240 g/mol. The van der Waals surface area contributed by atoms with Crippen LogP contribution < -0.4 is 0 Å². The average Bonchev–Trinajstić information content (AvgIpc) is 2.48. The zero-order valence-electron chi connectivity index (χ0n) is 13.7. The molecule has 0 aliphatic carbocycles. The lowest BCUT2D eigenvalue weighted by Gasteiger charge is -2.17. The zero-order chi connectivity index (χ0) is 14.8. The van der Waals surface area contributed by atoms with Gasteiger partial charge in [0, 0.05) is 0 Å². The first-order chi connectivity index (χ1) is 9.78. The molecule has 0 unspecified atom stereocenters. The number of hydrogen-bond acceptors (Lipinski definition) is 0. The summed E-state index contributed by atoms with van der Waals surface area (Å²) < 4.78 is 0. The maximum Gasteiger partial charge on any atom is -0.0149 e. The predicted octanol–water partition coefficient (Wildman–Crippen LogP) is 6.05. The molecular formula is C20H31. The van der Waals surface area contributed by atoms with Crippen LogP contribution in [-0.4, -0.2) is 0 Å². The molecule has 0 amide bonds. The molecule has 0 aliphatic rings. The lowest BCUT2D eigenvalue weighted by atomic mass is 9.88. The molecule has 0 aliphatic heterocycles. The van der Waals surface area contributed by atoms with Crippen molar-refractivity contribution in [2.75, 3.05) is 0 Å². The molecule has 0 N–H and O–H groups in total. The number of hydrogen-bond donors (Lipinski definition) is 0. The Morgan fingerprint density at radius 1 is 0.800 bits per heavy atom. The van der Waals surface area contributed by atoms with E-state index in [-0.39, 0.29) is 0 Å². The first kappa shape index (κ1) is 17.0. The van der Waals surface area contributed by atoms with Crippen LogP contribution in [0.5, 0.6) is 0 Å². The molecule has 0 nitrogen and oxygen atoms in total. The van der Waals surface area contributed by atoms with Gasteiger partial charge >= 0.3 is 0 Å². The molecule has 20 heavy (non-hydrogen) atoms.